The number of primary amides is 1. The number of nitro benzene ring substituents is 1. The van der Waals surface area contributed by atoms with Crippen LogP contribution < -0.4 is 15.8 Å². The molecule has 0 heterocycles. The predicted octanol–water partition coefficient (Wildman–Crippen LogP) is 0.576. The van der Waals surface area contributed by atoms with Crippen molar-refractivity contribution in [3.8, 4) is 5.75 Å². The molecule has 1 rings (SSSR count). The van der Waals surface area contributed by atoms with Gasteiger partial charge in [0.05, 0.1) is 17.6 Å². The third-order valence-corrected chi connectivity index (χ3v) is 2.49. The molecule has 1 unspecified atom stereocenters. The molecule has 0 bridgehead atoms. The number of benzene rings is 1. The Bertz CT molecular complexity index is 481. The molecule has 8 heteroatoms. The van der Waals surface area contributed by atoms with Crippen LogP contribution >= 0.6 is 0 Å². The lowest BCUT2D eigenvalue weighted by atomic mass is 10.2. The predicted molar refractivity (Wildman–Crippen MR) is 65.2 cm³/mol. The number of hydrogen-bond donors (Lipinski definition) is 2. The first-order valence-corrected chi connectivity index (χ1v) is 5.49. The Morgan fingerprint density at radius 3 is 2.84 bits per heavy atom. The molecule has 1 aromatic rings. The van der Waals surface area contributed by atoms with Gasteiger partial charge in [0, 0.05) is 12.5 Å². The van der Waals surface area contributed by atoms with E-state index in [1.165, 1.54) is 6.07 Å². The van der Waals surface area contributed by atoms with E-state index in [4.69, 9.17) is 10.5 Å². The van der Waals surface area contributed by atoms with Crippen molar-refractivity contribution in [1.82, 2.24) is 5.32 Å². The van der Waals surface area contributed by atoms with E-state index in [0.29, 0.717) is 0 Å². The molecule has 1 amide bonds. The monoisotopic (exact) mass is 271 g/mol. The van der Waals surface area contributed by atoms with Crippen LogP contribution in [-0.2, 0) is 4.79 Å². The fourth-order valence-electron chi connectivity index (χ4n) is 1.49. The summed E-state index contributed by atoms with van der Waals surface area (Å²) >= 11 is 0. The number of carbonyl (C=O) groups is 1. The van der Waals surface area contributed by atoms with E-state index in [-0.39, 0.29) is 13.0 Å². The minimum atomic E-state index is -0.825. The van der Waals surface area contributed by atoms with Crippen molar-refractivity contribution in [2.45, 2.75) is 12.5 Å². The highest BCUT2D eigenvalue weighted by molar-refractivity contribution is 5.79. The van der Waals surface area contributed by atoms with Gasteiger partial charge in [0.25, 0.3) is 0 Å². The highest BCUT2D eigenvalue weighted by Crippen LogP contribution is 2.29. The van der Waals surface area contributed by atoms with Gasteiger partial charge in [0.1, 0.15) is 0 Å². The summed E-state index contributed by atoms with van der Waals surface area (Å²) in [4.78, 5) is 20.9. The van der Waals surface area contributed by atoms with Crippen LogP contribution in [0.1, 0.15) is 6.42 Å². The molecule has 0 fully saturated rings. The molecule has 1 atom stereocenters. The number of ether oxygens (including phenoxy) is 1. The van der Waals surface area contributed by atoms with E-state index in [1.54, 1.807) is 7.05 Å². The molecule has 0 saturated heterocycles. The molecule has 0 aliphatic rings. The summed E-state index contributed by atoms with van der Waals surface area (Å²) in [6.45, 7) is -0.0732. The Hall–Kier alpha value is -2.22. The van der Waals surface area contributed by atoms with Gasteiger partial charge in [0.15, 0.2) is 5.82 Å². The third-order valence-electron chi connectivity index (χ3n) is 2.49. The molecule has 7 nitrogen and oxygen atoms in total. The maximum atomic E-state index is 13.4. The van der Waals surface area contributed by atoms with Gasteiger partial charge in [-0.25, -0.2) is 4.39 Å². The Balaban J connectivity index is 2.72. The number of halogens is 1. The smallest absolute Gasteiger partial charge is 0.314 e. The summed E-state index contributed by atoms with van der Waals surface area (Å²) in [7, 11) is 1.54. The van der Waals surface area contributed by atoms with Crippen molar-refractivity contribution in [3.05, 3.63) is 34.1 Å². The van der Waals surface area contributed by atoms with Gasteiger partial charge in [-0.3, -0.25) is 14.9 Å². The topological polar surface area (TPSA) is 107 Å². The molecular weight excluding hydrogens is 257 g/mol. The van der Waals surface area contributed by atoms with Crippen molar-refractivity contribution in [3.63, 3.8) is 0 Å². The van der Waals surface area contributed by atoms with Crippen LogP contribution in [0.4, 0.5) is 10.1 Å². The SMILES string of the molecule is CNC(CCOc1c(F)cccc1[N+](=O)[O-])C(N)=O. The summed E-state index contributed by atoms with van der Waals surface area (Å²) in [6.07, 6.45) is 0.178. The summed E-state index contributed by atoms with van der Waals surface area (Å²) in [5.74, 6) is -1.84. The van der Waals surface area contributed by atoms with Crippen LogP contribution in [0.15, 0.2) is 18.2 Å². The van der Waals surface area contributed by atoms with Crippen LogP contribution in [0, 0.1) is 15.9 Å². The van der Waals surface area contributed by atoms with Crippen LogP contribution in [0.5, 0.6) is 5.75 Å². The summed E-state index contributed by atoms with van der Waals surface area (Å²) in [5, 5.41) is 13.4. The first-order valence-electron chi connectivity index (χ1n) is 5.49. The number of likely N-dealkylation sites (N-methyl/N-ethyl adjacent to an activating group) is 1. The van der Waals surface area contributed by atoms with Crippen molar-refractivity contribution >= 4 is 11.6 Å². The number of rotatable bonds is 7. The lowest BCUT2D eigenvalue weighted by Crippen LogP contribution is -2.40. The number of carbonyl (C=O) groups excluding carboxylic acids is 1. The molecule has 1 aromatic carbocycles. The van der Waals surface area contributed by atoms with Gasteiger partial charge in [-0.1, -0.05) is 6.07 Å². The normalized spacial score (nSPS) is 11.9. The second-order valence-corrected chi connectivity index (χ2v) is 3.73. The minimum absolute atomic E-state index is 0.0732. The van der Waals surface area contributed by atoms with Crippen molar-refractivity contribution in [2.75, 3.05) is 13.7 Å². The largest absolute Gasteiger partial charge is 0.485 e. The Kier molecular flexibility index (Phi) is 5.19. The highest BCUT2D eigenvalue weighted by atomic mass is 19.1. The first-order chi connectivity index (χ1) is 8.97. The molecular formula is C11H14FN3O4. The number of hydrogen-bond acceptors (Lipinski definition) is 5. The first kappa shape index (κ1) is 14.8. The fourth-order valence-corrected chi connectivity index (χ4v) is 1.49. The molecule has 0 radical (unpaired) electrons. The average molecular weight is 271 g/mol. The number of amides is 1. The second-order valence-electron chi connectivity index (χ2n) is 3.73. The quantitative estimate of drug-likeness (QED) is 0.557. The molecule has 0 saturated carbocycles. The van der Waals surface area contributed by atoms with E-state index >= 15 is 0 Å². The standard InChI is InChI=1S/C11H14FN3O4/c1-14-8(11(13)16)5-6-19-10-7(12)3-2-4-9(10)15(17)18/h2-4,8,14H,5-6H2,1H3,(H2,13,16). The van der Waals surface area contributed by atoms with E-state index in [1.807, 2.05) is 0 Å². The lowest BCUT2D eigenvalue weighted by Gasteiger charge is -2.13. The summed E-state index contributed by atoms with van der Waals surface area (Å²) in [5.41, 5.74) is 4.64. The zero-order valence-corrected chi connectivity index (χ0v) is 10.3. The van der Waals surface area contributed by atoms with E-state index in [9.17, 15) is 19.3 Å². The lowest BCUT2D eigenvalue weighted by molar-refractivity contribution is -0.386. The molecule has 0 aliphatic carbocycles. The molecule has 19 heavy (non-hydrogen) atoms. The maximum Gasteiger partial charge on any atom is 0.314 e. The van der Waals surface area contributed by atoms with Gasteiger partial charge in [0.2, 0.25) is 11.7 Å². The van der Waals surface area contributed by atoms with Crippen molar-refractivity contribution < 1.29 is 18.8 Å². The van der Waals surface area contributed by atoms with Crippen LogP contribution in [0.3, 0.4) is 0 Å². The number of nitrogens with zero attached hydrogens (tertiary/aromatic N) is 1. The highest BCUT2D eigenvalue weighted by Gasteiger charge is 2.20. The fraction of sp³-hybridized carbons (Fsp3) is 0.364. The molecule has 104 valence electrons. The molecule has 0 spiro atoms. The third kappa shape index (κ3) is 3.88. The molecule has 0 aromatic heterocycles. The average Bonchev–Trinajstić information content (AvgIpc) is 2.35. The minimum Gasteiger partial charge on any atom is -0.485 e. The number of nitrogens with two attached hydrogens (primary N) is 1. The van der Waals surface area contributed by atoms with E-state index < -0.39 is 34.1 Å². The summed E-state index contributed by atoms with van der Waals surface area (Å²) in [6, 6.07) is 2.79. The van der Waals surface area contributed by atoms with E-state index in [2.05, 4.69) is 5.32 Å². The van der Waals surface area contributed by atoms with Crippen molar-refractivity contribution in [1.29, 1.82) is 0 Å². The second kappa shape index (κ2) is 6.64. The van der Waals surface area contributed by atoms with Gasteiger partial charge >= 0.3 is 5.69 Å². The van der Waals surface area contributed by atoms with Crippen molar-refractivity contribution in [2.24, 2.45) is 5.73 Å². The van der Waals surface area contributed by atoms with Crippen LogP contribution in [0.2, 0.25) is 0 Å². The zero-order chi connectivity index (χ0) is 14.4. The number of nitro groups is 1. The van der Waals surface area contributed by atoms with Crippen LogP contribution in [-0.4, -0.2) is 30.5 Å². The zero-order valence-electron chi connectivity index (χ0n) is 10.3. The number of nitrogens with one attached hydrogen (secondary N) is 1. The Labute approximate surface area is 108 Å². The Morgan fingerprint density at radius 1 is 1.63 bits per heavy atom. The van der Waals surface area contributed by atoms with Crippen LogP contribution in [0.25, 0.3) is 0 Å². The van der Waals surface area contributed by atoms with Gasteiger partial charge in [-0.2, -0.15) is 0 Å². The summed E-state index contributed by atoms with van der Waals surface area (Å²) < 4.78 is 18.5. The maximum absolute atomic E-state index is 13.4. The van der Waals surface area contributed by atoms with Gasteiger partial charge in [-0.15, -0.1) is 0 Å². The molecule has 0 aliphatic heterocycles. The van der Waals surface area contributed by atoms with Gasteiger partial charge in [-0.05, 0) is 13.1 Å². The molecule has 3 N–H and O–H groups in total. The number of para-hydroxylation sites is 1. The van der Waals surface area contributed by atoms with Gasteiger partial charge < -0.3 is 15.8 Å². The van der Waals surface area contributed by atoms with E-state index in [0.717, 1.165) is 12.1 Å². The Morgan fingerprint density at radius 2 is 2.32 bits per heavy atom.